The van der Waals surface area contributed by atoms with Crippen LogP contribution in [-0.4, -0.2) is 13.3 Å². The van der Waals surface area contributed by atoms with Crippen LogP contribution in [0, 0.1) is 0 Å². The molecule has 1 rings (SSSR count). The van der Waals surface area contributed by atoms with E-state index in [1.54, 1.807) is 0 Å². The highest BCUT2D eigenvalue weighted by molar-refractivity contribution is 7.39. The fourth-order valence-electron chi connectivity index (χ4n) is 1.35. The Labute approximate surface area is 86.2 Å². The highest BCUT2D eigenvalue weighted by Gasteiger charge is 1.97. The van der Waals surface area contributed by atoms with Gasteiger partial charge < -0.3 is 4.52 Å². The number of benzene rings is 1. The van der Waals surface area contributed by atoms with E-state index >= 15 is 0 Å². The maximum absolute atomic E-state index is 11.0. The smallest absolute Gasteiger partial charge is 0.191 e. The van der Waals surface area contributed by atoms with Gasteiger partial charge >= 0.3 is 0 Å². The number of unbranched alkanes of at least 4 members (excludes halogenated alkanes) is 1. The molecule has 0 saturated heterocycles. The number of rotatable bonds is 6. The van der Waals surface area contributed by atoms with Gasteiger partial charge in [-0.3, -0.25) is 4.57 Å². The second-order valence-corrected chi connectivity index (χ2v) is 4.92. The van der Waals surface area contributed by atoms with E-state index in [2.05, 4.69) is 12.1 Å². The second-order valence-electron chi connectivity index (χ2n) is 3.27. The van der Waals surface area contributed by atoms with E-state index in [4.69, 9.17) is 4.52 Å². The minimum absolute atomic E-state index is 0.716. The van der Waals surface area contributed by atoms with Crippen molar-refractivity contribution in [2.75, 3.05) is 13.3 Å². The summed E-state index contributed by atoms with van der Waals surface area (Å²) in [5.74, 6) is 0. The molecule has 3 heteroatoms. The highest BCUT2D eigenvalue weighted by Crippen LogP contribution is 2.22. The molecule has 1 atom stereocenters. The van der Waals surface area contributed by atoms with E-state index in [0.29, 0.717) is 6.16 Å². The predicted octanol–water partition coefficient (Wildman–Crippen LogP) is 3.13. The van der Waals surface area contributed by atoms with Crippen LogP contribution in [0.5, 0.6) is 0 Å². The zero-order chi connectivity index (χ0) is 10.2. The second kappa shape index (κ2) is 6.80. The van der Waals surface area contributed by atoms with Crippen molar-refractivity contribution in [3.63, 3.8) is 0 Å². The normalized spacial score (nSPS) is 12.6. The molecule has 0 spiro atoms. The molecule has 0 heterocycles. The molecular formula is C11H17O2P. The third-order valence-electron chi connectivity index (χ3n) is 2.17. The Hall–Kier alpha value is -0.590. The van der Waals surface area contributed by atoms with Gasteiger partial charge in [-0.2, -0.15) is 0 Å². The lowest BCUT2D eigenvalue weighted by Gasteiger charge is -2.01. The van der Waals surface area contributed by atoms with Gasteiger partial charge in [0, 0.05) is 13.3 Å². The van der Waals surface area contributed by atoms with Gasteiger partial charge in [0.05, 0.1) is 0 Å². The van der Waals surface area contributed by atoms with Gasteiger partial charge in [-0.15, -0.1) is 0 Å². The quantitative estimate of drug-likeness (QED) is 0.535. The molecular weight excluding hydrogens is 195 g/mol. The van der Waals surface area contributed by atoms with Gasteiger partial charge in [-0.1, -0.05) is 30.3 Å². The first kappa shape index (κ1) is 11.5. The molecule has 0 saturated carbocycles. The summed E-state index contributed by atoms with van der Waals surface area (Å²) in [4.78, 5) is 0. The summed E-state index contributed by atoms with van der Waals surface area (Å²) in [5, 5.41) is 0. The van der Waals surface area contributed by atoms with E-state index in [9.17, 15) is 4.57 Å². The molecule has 1 aromatic rings. The van der Waals surface area contributed by atoms with Gasteiger partial charge in [0.1, 0.15) is 0 Å². The third-order valence-corrected chi connectivity index (χ3v) is 3.38. The van der Waals surface area contributed by atoms with Crippen LogP contribution in [0.15, 0.2) is 30.3 Å². The fourth-order valence-corrected chi connectivity index (χ4v) is 2.09. The first-order valence-electron chi connectivity index (χ1n) is 4.93. The van der Waals surface area contributed by atoms with Crippen LogP contribution < -0.4 is 0 Å². The van der Waals surface area contributed by atoms with E-state index in [-0.39, 0.29) is 0 Å². The van der Waals surface area contributed by atoms with Crippen molar-refractivity contribution in [1.82, 2.24) is 0 Å². The van der Waals surface area contributed by atoms with Crippen molar-refractivity contribution in [2.24, 2.45) is 0 Å². The molecule has 1 aromatic carbocycles. The van der Waals surface area contributed by atoms with Gasteiger partial charge in [0.15, 0.2) is 8.03 Å². The van der Waals surface area contributed by atoms with Crippen molar-refractivity contribution < 1.29 is 9.09 Å². The minimum atomic E-state index is -1.73. The van der Waals surface area contributed by atoms with Crippen molar-refractivity contribution >= 4 is 8.03 Å². The number of aryl methyl sites for hydroxylation is 1. The Balaban J connectivity index is 2.13. The van der Waals surface area contributed by atoms with Crippen LogP contribution in [0.25, 0.3) is 0 Å². The Morgan fingerprint density at radius 2 is 1.93 bits per heavy atom. The summed E-state index contributed by atoms with van der Waals surface area (Å²) in [6, 6.07) is 10.4. The van der Waals surface area contributed by atoms with Gasteiger partial charge in [0.2, 0.25) is 0 Å². The molecule has 0 amide bonds. The zero-order valence-electron chi connectivity index (χ0n) is 8.53. The van der Waals surface area contributed by atoms with Crippen LogP contribution in [0.2, 0.25) is 0 Å². The molecule has 0 aliphatic rings. The van der Waals surface area contributed by atoms with Gasteiger partial charge in [-0.25, -0.2) is 0 Å². The number of hydrogen-bond acceptors (Lipinski definition) is 2. The topological polar surface area (TPSA) is 26.3 Å². The van der Waals surface area contributed by atoms with Gasteiger partial charge in [0.25, 0.3) is 0 Å². The van der Waals surface area contributed by atoms with Crippen LogP contribution in [0.4, 0.5) is 0 Å². The summed E-state index contributed by atoms with van der Waals surface area (Å²) in [7, 11) is -0.220. The van der Waals surface area contributed by atoms with Crippen molar-refractivity contribution in [3.8, 4) is 0 Å². The van der Waals surface area contributed by atoms with Crippen LogP contribution in [0.3, 0.4) is 0 Å². The summed E-state index contributed by atoms with van der Waals surface area (Å²) in [6.45, 7) is 0. The first-order valence-corrected chi connectivity index (χ1v) is 6.46. The van der Waals surface area contributed by atoms with Crippen molar-refractivity contribution in [3.05, 3.63) is 35.9 Å². The number of hydrogen-bond donors (Lipinski definition) is 0. The lowest BCUT2D eigenvalue weighted by Crippen LogP contribution is -1.87. The molecule has 0 radical (unpaired) electrons. The Morgan fingerprint density at radius 3 is 2.57 bits per heavy atom. The SMILES string of the molecule is CO[PH](=O)CCCCc1ccccc1. The van der Waals surface area contributed by atoms with Crippen LogP contribution >= 0.6 is 8.03 Å². The maximum Gasteiger partial charge on any atom is 0.191 e. The predicted molar refractivity (Wildman–Crippen MR) is 60.3 cm³/mol. The largest absolute Gasteiger partial charge is 0.334 e. The summed E-state index contributed by atoms with van der Waals surface area (Å²) >= 11 is 0. The maximum atomic E-state index is 11.0. The minimum Gasteiger partial charge on any atom is -0.334 e. The first-order chi connectivity index (χ1) is 6.83. The molecule has 0 fully saturated rings. The Morgan fingerprint density at radius 1 is 1.21 bits per heavy atom. The molecule has 14 heavy (non-hydrogen) atoms. The molecule has 0 aliphatic heterocycles. The van der Waals surface area contributed by atoms with Crippen LogP contribution in [0.1, 0.15) is 18.4 Å². The molecule has 0 bridgehead atoms. The Kier molecular flexibility index (Phi) is 5.58. The van der Waals surface area contributed by atoms with E-state index in [1.807, 2.05) is 18.2 Å². The Bertz CT molecular complexity index is 272. The third kappa shape index (κ3) is 4.59. The standard InChI is InChI=1S/C11H17O2P/c1-13-14(12)10-6-5-9-11-7-3-2-4-8-11/h2-4,7-8,14H,5-6,9-10H2,1H3. The lowest BCUT2D eigenvalue weighted by atomic mass is 10.1. The van der Waals surface area contributed by atoms with Gasteiger partial charge in [-0.05, 0) is 24.8 Å². The lowest BCUT2D eigenvalue weighted by molar-refractivity contribution is 0.413. The monoisotopic (exact) mass is 212 g/mol. The average molecular weight is 212 g/mol. The summed E-state index contributed by atoms with van der Waals surface area (Å²) < 4.78 is 15.7. The fraction of sp³-hybridized carbons (Fsp3) is 0.455. The van der Waals surface area contributed by atoms with E-state index < -0.39 is 8.03 Å². The van der Waals surface area contributed by atoms with E-state index in [1.165, 1.54) is 12.7 Å². The summed E-state index contributed by atoms with van der Waals surface area (Å²) in [6.07, 6.45) is 3.86. The molecule has 1 unspecified atom stereocenters. The van der Waals surface area contributed by atoms with Crippen molar-refractivity contribution in [1.29, 1.82) is 0 Å². The molecule has 0 aliphatic carbocycles. The molecule has 2 nitrogen and oxygen atoms in total. The van der Waals surface area contributed by atoms with Crippen molar-refractivity contribution in [2.45, 2.75) is 19.3 Å². The zero-order valence-corrected chi connectivity index (χ0v) is 9.53. The summed E-state index contributed by atoms with van der Waals surface area (Å²) in [5.41, 5.74) is 1.35. The molecule has 78 valence electrons. The highest BCUT2D eigenvalue weighted by atomic mass is 31.1. The average Bonchev–Trinajstić information content (AvgIpc) is 2.25. The van der Waals surface area contributed by atoms with E-state index in [0.717, 1.165) is 19.3 Å². The van der Waals surface area contributed by atoms with Crippen LogP contribution in [-0.2, 0) is 15.5 Å². The molecule has 0 N–H and O–H groups in total. The molecule has 0 aromatic heterocycles.